The lowest BCUT2D eigenvalue weighted by atomic mass is 10.3. The van der Waals surface area contributed by atoms with Gasteiger partial charge in [-0.1, -0.05) is 0 Å². The first-order valence-corrected chi connectivity index (χ1v) is 2.97. The Labute approximate surface area is 63.4 Å². The Kier molecular flexibility index (Phi) is 2.81. The van der Waals surface area contributed by atoms with Gasteiger partial charge >= 0.3 is 5.97 Å². The maximum atomic E-state index is 10.0. The van der Waals surface area contributed by atoms with Crippen LogP contribution >= 0.6 is 25.3 Å². The van der Waals surface area contributed by atoms with E-state index in [0.29, 0.717) is 0 Å². The Bertz CT molecular complexity index is 121. The first-order valence-electron chi connectivity index (χ1n) is 2.07. The molecule has 9 heavy (non-hydrogen) atoms. The topological polar surface area (TPSA) is 89.3 Å². The second-order valence-electron chi connectivity index (χ2n) is 1.60. The second-order valence-corrected chi connectivity index (χ2v) is 3.43. The van der Waals surface area contributed by atoms with Gasteiger partial charge in [-0.3, -0.25) is 4.79 Å². The van der Waals surface area contributed by atoms with Crippen LogP contribution in [-0.4, -0.2) is 21.3 Å². The van der Waals surface area contributed by atoms with Crippen molar-refractivity contribution in [3.05, 3.63) is 0 Å². The third-order valence-corrected chi connectivity index (χ3v) is 1.28. The number of aliphatic carboxylic acids is 1. The van der Waals surface area contributed by atoms with Crippen LogP contribution in [0.5, 0.6) is 0 Å². The van der Waals surface area contributed by atoms with Gasteiger partial charge in [0.25, 0.3) is 0 Å². The summed E-state index contributed by atoms with van der Waals surface area (Å²) in [5.41, 5.74) is 10.1. The van der Waals surface area contributed by atoms with Gasteiger partial charge in [0.2, 0.25) is 0 Å². The van der Waals surface area contributed by atoms with E-state index < -0.39 is 16.2 Å². The molecule has 0 saturated heterocycles. The van der Waals surface area contributed by atoms with Crippen molar-refractivity contribution in [1.82, 2.24) is 0 Å². The number of carbonyl (C=O) groups is 1. The van der Waals surface area contributed by atoms with Gasteiger partial charge in [-0.15, -0.1) is 25.3 Å². The Balaban J connectivity index is 4.04. The number of hydrogen-bond acceptors (Lipinski definition) is 5. The van der Waals surface area contributed by atoms with Gasteiger partial charge in [-0.05, 0) is 0 Å². The van der Waals surface area contributed by atoms with Crippen LogP contribution in [0, 0.1) is 0 Å². The van der Waals surface area contributed by atoms with Crippen molar-refractivity contribution >= 4 is 31.2 Å². The van der Waals surface area contributed by atoms with Gasteiger partial charge < -0.3 is 16.6 Å². The Morgan fingerprint density at radius 1 is 1.67 bits per heavy atom. The van der Waals surface area contributed by atoms with Crippen LogP contribution in [0.2, 0.25) is 0 Å². The summed E-state index contributed by atoms with van der Waals surface area (Å²) in [6, 6.07) is -1.26. The molecule has 0 radical (unpaired) electrons. The summed E-state index contributed by atoms with van der Waals surface area (Å²) in [7, 11) is 0. The highest BCUT2D eigenvalue weighted by atomic mass is 32.2. The molecule has 0 fully saturated rings. The monoisotopic (exact) mass is 168 g/mol. The number of thiol groups is 2. The summed E-state index contributed by atoms with van der Waals surface area (Å²) in [4.78, 5) is 10.0. The van der Waals surface area contributed by atoms with Gasteiger partial charge in [-0.25, -0.2) is 0 Å². The van der Waals surface area contributed by atoms with Crippen molar-refractivity contribution in [3.63, 3.8) is 0 Å². The highest BCUT2D eigenvalue weighted by Gasteiger charge is 2.29. The minimum atomic E-state index is -1.45. The summed E-state index contributed by atoms with van der Waals surface area (Å²) < 4.78 is -1.45. The fourth-order valence-corrected chi connectivity index (χ4v) is 0.403. The molecule has 0 aromatic rings. The first-order chi connectivity index (χ1) is 3.85. The zero-order valence-electron chi connectivity index (χ0n) is 4.48. The quantitative estimate of drug-likeness (QED) is 0.267. The molecule has 0 aliphatic carbocycles. The average molecular weight is 168 g/mol. The fraction of sp³-hybridized carbons (Fsp3) is 0.667. The summed E-state index contributed by atoms with van der Waals surface area (Å²) in [5, 5.41) is 8.21. The summed E-state index contributed by atoms with van der Waals surface area (Å²) in [5.74, 6) is -1.22. The van der Waals surface area contributed by atoms with Crippen LogP contribution in [0.25, 0.3) is 0 Å². The summed E-state index contributed by atoms with van der Waals surface area (Å²) >= 11 is 7.25. The largest absolute Gasteiger partial charge is 0.480 e. The molecular formula is C3H8N2O2S2. The highest BCUT2D eigenvalue weighted by molar-refractivity contribution is 8.00. The van der Waals surface area contributed by atoms with Crippen molar-refractivity contribution in [1.29, 1.82) is 0 Å². The molecule has 0 aliphatic heterocycles. The van der Waals surface area contributed by atoms with E-state index in [-0.39, 0.29) is 0 Å². The van der Waals surface area contributed by atoms with E-state index in [1.807, 2.05) is 0 Å². The Morgan fingerprint density at radius 2 is 2.00 bits per heavy atom. The van der Waals surface area contributed by atoms with Crippen LogP contribution in [0.15, 0.2) is 0 Å². The molecule has 0 saturated carbocycles. The number of carboxylic acids is 1. The van der Waals surface area contributed by atoms with Gasteiger partial charge in [0, 0.05) is 0 Å². The molecule has 1 unspecified atom stereocenters. The Hall–Kier alpha value is 0.0900. The molecule has 0 aromatic carbocycles. The standard InChI is InChI=1S/C3H8N2O2S2/c4-1(2(6)7)3(5,8)9/h1,8-9H,4-5H2,(H,6,7). The average Bonchev–Trinajstić information content (AvgIpc) is 1.62. The van der Waals surface area contributed by atoms with Crippen LogP contribution in [0.1, 0.15) is 0 Å². The van der Waals surface area contributed by atoms with E-state index in [1.165, 1.54) is 0 Å². The lowest BCUT2D eigenvalue weighted by Gasteiger charge is -2.20. The number of nitrogens with two attached hydrogens (primary N) is 2. The maximum Gasteiger partial charge on any atom is 0.324 e. The molecule has 0 aromatic heterocycles. The zero-order valence-corrected chi connectivity index (χ0v) is 6.27. The lowest BCUT2D eigenvalue weighted by Crippen LogP contribution is -2.51. The predicted molar refractivity (Wildman–Crippen MR) is 40.5 cm³/mol. The van der Waals surface area contributed by atoms with Crippen molar-refractivity contribution in [3.8, 4) is 0 Å². The van der Waals surface area contributed by atoms with Crippen LogP contribution in [0.3, 0.4) is 0 Å². The molecule has 0 heterocycles. The third kappa shape index (κ3) is 2.95. The normalized spacial score (nSPS) is 15.1. The highest BCUT2D eigenvalue weighted by Crippen LogP contribution is 2.14. The van der Waals surface area contributed by atoms with Gasteiger partial charge in [0.1, 0.15) is 10.2 Å². The van der Waals surface area contributed by atoms with Crippen molar-refractivity contribution < 1.29 is 9.90 Å². The molecule has 0 rings (SSSR count). The predicted octanol–water partition coefficient (Wildman–Crippen LogP) is -1.13. The molecule has 4 nitrogen and oxygen atoms in total. The molecular weight excluding hydrogens is 160 g/mol. The maximum absolute atomic E-state index is 10.0. The molecule has 5 N–H and O–H groups in total. The number of carboxylic acid groups (broad SMARTS) is 1. The van der Waals surface area contributed by atoms with E-state index in [9.17, 15) is 4.79 Å². The van der Waals surface area contributed by atoms with Crippen molar-refractivity contribution in [2.24, 2.45) is 11.5 Å². The Morgan fingerprint density at radius 3 is 2.00 bits per heavy atom. The minimum Gasteiger partial charge on any atom is -0.480 e. The first kappa shape index (κ1) is 9.09. The molecule has 54 valence electrons. The third-order valence-electron chi connectivity index (χ3n) is 0.724. The number of hydrogen-bond donors (Lipinski definition) is 5. The van der Waals surface area contributed by atoms with Crippen molar-refractivity contribution in [2.75, 3.05) is 0 Å². The minimum absolute atomic E-state index is 1.22. The van der Waals surface area contributed by atoms with E-state index in [1.54, 1.807) is 0 Å². The summed E-state index contributed by atoms with van der Waals surface area (Å²) in [6.45, 7) is 0. The van der Waals surface area contributed by atoms with E-state index in [2.05, 4.69) is 25.3 Å². The van der Waals surface area contributed by atoms with E-state index in [4.69, 9.17) is 16.6 Å². The van der Waals surface area contributed by atoms with Crippen LogP contribution < -0.4 is 11.5 Å². The molecule has 0 aliphatic rings. The second kappa shape index (κ2) is 2.78. The lowest BCUT2D eigenvalue weighted by molar-refractivity contribution is -0.138. The van der Waals surface area contributed by atoms with Crippen LogP contribution in [0.4, 0.5) is 0 Å². The molecule has 6 heteroatoms. The van der Waals surface area contributed by atoms with Gasteiger partial charge in [-0.2, -0.15) is 0 Å². The molecule has 0 amide bonds. The smallest absolute Gasteiger partial charge is 0.324 e. The van der Waals surface area contributed by atoms with E-state index in [0.717, 1.165) is 0 Å². The van der Waals surface area contributed by atoms with Gasteiger partial charge in [0.05, 0.1) is 0 Å². The zero-order chi connectivity index (χ0) is 7.65. The fourth-order valence-electron chi connectivity index (χ4n) is 0.182. The van der Waals surface area contributed by atoms with Crippen LogP contribution in [-0.2, 0) is 4.79 Å². The molecule has 0 spiro atoms. The molecule has 1 atom stereocenters. The summed E-state index contributed by atoms with van der Waals surface area (Å²) in [6.07, 6.45) is 0. The van der Waals surface area contributed by atoms with Gasteiger partial charge in [0.15, 0.2) is 0 Å². The SMILES string of the molecule is NC(C(=O)O)C(N)(S)S. The molecule has 0 bridgehead atoms. The van der Waals surface area contributed by atoms with E-state index >= 15 is 0 Å². The van der Waals surface area contributed by atoms with Crippen molar-refractivity contribution in [2.45, 2.75) is 10.2 Å². The number of rotatable bonds is 2.